The van der Waals surface area contributed by atoms with Crippen LogP contribution in [0, 0.1) is 0 Å². The van der Waals surface area contributed by atoms with Crippen molar-refractivity contribution in [2.75, 3.05) is 5.32 Å². The van der Waals surface area contributed by atoms with E-state index >= 15 is 0 Å². The summed E-state index contributed by atoms with van der Waals surface area (Å²) in [6, 6.07) is 5.69. The van der Waals surface area contributed by atoms with Crippen LogP contribution in [0.15, 0.2) is 35.3 Å². The van der Waals surface area contributed by atoms with Gasteiger partial charge in [0.05, 0.1) is 5.51 Å². The number of imidazole rings is 1. The summed E-state index contributed by atoms with van der Waals surface area (Å²) in [4.78, 5) is 20.0. The number of hydrogen-bond donors (Lipinski definition) is 1. The van der Waals surface area contributed by atoms with Crippen LogP contribution in [-0.2, 0) is 4.79 Å². The first kappa shape index (κ1) is 10.9. The molecule has 90 valence electrons. The van der Waals surface area contributed by atoms with Crippen molar-refractivity contribution in [3.05, 3.63) is 35.3 Å². The zero-order valence-electron chi connectivity index (χ0n) is 9.62. The molecular weight excluding hydrogens is 248 g/mol. The van der Waals surface area contributed by atoms with E-state index < -0.39 is 0 Å². The SMILES string of the molecule is CC(=O)Nc1c(-c2cscn2)nc2ccccn12. The average Bonchev–Trinajstić information content (AvgIpc) is 2.96. The minimum Gasteiger partial charge on any atom is -0.310 e. The zero-order chi connectivity index (χ0) is 12.5. The van der Waals surface area contributed by atoms with Gasteiger partial charge in [0.25, 0.3) is 0 Å². The molecule has 0 aliphatic rings. The first-order valence-electron chi connectivity index (χ1n) is 5.39. The molecule has 0 fully saturated rings. The van der Waals surface area contributed by atoms with Crippen LogP contribution in [0.3, 0.4) is 0 Å². The molecule has 0 saturated heterocycles. The number of rotatable bonds is 2. The fourth-order valence-corrected chi connectivity index (χ4v) is 2.33. The van der Waals surface area contributed by atoms with Gasteiger partial charge in [-0.15, -0.1) is 11.3 Å². The number of fused-ring (bicyclic) bond motifs is 1. The topological polar surface area (TPSA) is 59.3 Å². The lowest BCUT2D eigenvalue weighted by atomic mass is 10.3. The lowest BCUT2D eigenvalue weighted by molar-refractivity contribution is -0.114. The maximum Gasteiger partial charge on any atom is 0.222 e. The molecule has 18 heavy (non-hydrogen) atoms. The minimum atomic E-state index is -0.128. The first-order chi connectivity index (χ1) is 8.75. The quantitative estimate of drug-likeness (QED) is 0.768. The van der Waals surface area contributed by atoms with E-state index in [2.05, 4.69) is 15.3 Å². The van der Waals surface area contributed by atoms with Crippen LogP contribution in [0.25, 0.3) is 17.0 Å². The maximum atomic E-state index is 11.3. The molecule has 0 saturated carbocycles. The molecule has 0 spiro atoms. The van der Waals surface area contributed by atoms with E-state index in [0.717, 1.165) is 11.3 Å². The third-order valence-corrected chi connectivity index (χ3v) is 3.09. The Kier molecular flexibility index (Phi) is 2.56. The molecule has 1 N–H and O–H groups in total. The van der Waals surface area contributed by atoms with Crippen LogP contribution in [0.5, 0.6) is 0 Å². The highest BCUT2D eigenvalue weighted by molar-refractivity contribution is 7.07. The van der Waals surface area contributed by atoms with E-state index in [4.69, 9.17) is 0 Å². The third-order valence-electron chi connectivity index (χ3n) is 2.50. The number of pyridine rings is 1. The standard InChI is InChI=1S/C12H10N4OS/c1-8(17)14-12-11(9-6-18-7-13-9)15-10-4-2-3-5-16(10)12/h2-7H,1H3,(H,14,17). The number of hydrogen-bond acceptors (Lipinski definition) is 4. The number of anilines is 1. The predicted molar refractivity (Wildman–Crippen MR) is 70.6 cm³/mol. The van der Waals surface area contributed by atoms with Crippen LogP contribution < -0.4 is 5.32 Å². The Balaban J connectivity index is 2.26. The van der Waals surface area contributed by atoms with Crippen LogP contribution >= 0.6 is 11.3 Å². The molecule has 1 amide bonds. The largest absolute Gasteiger partial charge is 0.310 e. The number of aromatic nitrogens is 3. The Morgan fingerprint density at radius 3 is 3.06 bits per heavy atom. The second kappa shape index (κ2) is 4.23. The van der Waals surface area contributed by atoms with E-state index in [1.807, 2.05) is 34.2 Å². The molecule has 0 aliphatic heterocycles. The van der Waals surface area contributed by atoms with Crippen molar-refractivity contribution in [3.63, 3.8) is 0 Å². The van der Waals surface area contributed by atoms with Gasteiger partial charge in [-0.1, -0.05) is 6.07 Å². The Hall–Kier alpha value is -2.21. The lowest BCUT2D eigenvalue weighted by Crippen LogP contribution is -2.08. The molecule has 3 heterocycles. The van der Waals surface area contributed by atoms with E-state index in [1.165, 1.54) is 18.3 Å². The molecule has 3 rings (SSSR count). The van der Waals surface area contributed by atoms with Gasteiger partial charge >= 0.3 is 0 Å². The second-order valence-electron chi connectivity index (χ2n) is 3.79. The lowest BCUT2D eigenvalue weighted by Gasteiger charge is -2.03. The monoisotopic (exact) mass is 258 g/mol. The number of nitrogens with zero attached hydrogens (tertiary/aromatic N) is 3. The van der Waals surface area contributed by atoms with Crippen molar-refractivity contribution in [1.82, 2.24) is 14.4 Å². The molecule has 0 radical (unpaired) electrons. The fraction of sp³-hybridized carbons (Fsp3) is 0.0833. The molecule has 0 bridgehead atoms. The van der Waals surface area contributed by atoms with Crippen LogP contribution in [0.1, 0.15) is 6.92 Å². The zero-order valence-corrected chi connectivity index (χ0v) is 10.4. The first-order valence-corrected chi connectivity index (χ1v) is 6.33. The van der Waals surface area contributed by atoms with Crippen molar-refractivity contribution in [2.45, 2.75) is 6.92 Å². The van der Waals surface area contributed by atoms with Gasteiger partial charge in [0, 0.05) is 18.5 Å². The van der Waals surface area contributed by atoms with Crippen LogP contribution in [-0.4, -0.2) is 20.3 Å². The highest BCUT2D eigenvalue weighted by atomic mass is 32.1. The summed E-state index contributed by atoms with van der Waals surface area (Å²) >= 11 is 1.50. The molecule has 3 aromatic heterocycles. The van der Waals surface area contributed by atoms with Crippen molar-refractivity contribution in [1.29, 1.82) is 0 Å². The summed E-state index contributed by atoms with van der Waals surface area (Å²) in [6.45, 7) is 1.48. The van der Waals surface area contributed by atoms with Gasteiger partial charge in [0.15, 0.2) is 0 Å². The average molecular weight is 258 g/mol. The summed E-state index contributed by atoms with van der Waals surface area (Å²) < 4.78 is 1.84. The Labute approximate surface area is 107 Å². The van der Waals surface area contributed by atoms with Crippen LogP contribution in [0.2, 0.25) is 0 Å². The van der Waals surface area contributed by atoms with Gasteiger partial charge in [-0.2, -0.15) is 0 Å². The van der Waals surface area contributed by atoms with E-state index in [0.29, 0.717) is 11.5 Å². The number of amides is 1. The van der Waals surface area contributed by atoms with Gasteiger partial charge in [-0.05, 0) is 12.1 Å². The molecule has 0 aromatic carbocycles. The Bertz CT molecular complexity index is 702. The molecule has 0 unspecified atom stereocenters. The fourth-order valence-electron chi connectivity index (χ4n) is 1.79. The second-order valence-corrected chi connectivity index (χ2v) is 4.51. The Morgan fingerprint density at radius 1 is 1.44 bits per heavy atom. The third kappa shape index (κ3) is 1.76. The molecule has 0 aliphatic carbocycles. The van der Waals surface area contributed by atoms with Gasteiger partial charge in [-0.3, -0.25) is 9.20 Å². The normalized spacial score (nSPS) is 10.7. The highest BCUT2D eigenvalue weighted by Crippen LogP contribution is 2.28. The minimum absolute atomic E-state index is 0.128. The highest BCUT2D eigenvalue weighted by Gasteiger charge is 2.15. The molecule has 6 heteroatoms. The van der Waals surface area contributed by atoms with Crippen molar-refractivity contribution >= 4 is 28.7 Å². The molecule has 5 nitrogen and oxygen atoms in total. The number of thiazole rings is 1. The molecule has 3 aromatic rings. The van der Waals surface area contributed by atoms with Crippen LogP contribution in [0.4, 0.5) is 5.82 Å². The van der Waals surface area contributed by atoms with E-state index in [1.54, 1.807) is 5.51 Å². The van der Waals surface area contributed by atoms with Gasteiger partial charge in [0.1, 0.15) is 22.9 Å². The summed E-state index contributed by atoms with van der Waals surface area (Å²) in [7, 11) is 0. The maximum absolute atomic E-state index is 11.3. The van der Waals surface area contributed by atoms with E-state index in [9.17, 15) is 4.79 Å². The number of nitrogens with one attached hydrogen (secondary N) is 1. The van der Waals surface area contributed by atoms with Gasteiger partial charge in [-0.25, -0.2) is 9.97 Å². The number of carbonyl (C=O) groups excluding carboxylic acids is 1. The van der Waals surface area contributed by atoms with E-state index in [-0.39, 0.29) is 5.91 Å². The molecule has 0 atom stereocenters. The Morgan fingerprint density at radius 2 is 2.33 bits per heavy atom. The van der Waals surface area contributed by atoms with Crippen molar-refractivity contribution in [3.8, 4) is 11.4 Å². The summed E-state index contributed by atoms with van der Waals surface area (Å²) in [5.41, 5.74) is 3.99. The van der Waals surface area contributed by atoms with Crippen molar-refractivity contribution < 1.29 is 4.79 Å². The molecular formula is C12H10N4OS. The predicted octanol–water partition coefficient (Wildman–Crippen LogP) is 2.42. The van der Waals surface area contributed by atoms with Gasteiger partial charge < -0.3 is 5.32 Å². The van der Waals surface area contributed by atoms with Gasteiger partial charge in [0.2, 0.25) is 5.91 Å². The summed E-state index contributed by atoms with van der Waals surface area (Å²) in [6.07, 6.45) is 1.86. The van der Waals surface area contributed by atoms with Crippen molar-refractivity contribution in [2.24, 2.45) is 0 Å². The summed E-state index contributed by atoms with van der Waals surface area (Å²) in [5, 5.41) is 4.72. The summed E-state index contributed by atoms with van der Waals surface area (Å²) in [5.74, 6) is 0.529. The smallest absolute Gasteiger partial charge is 0.222 e. The number of carbonyl (C=O) groups is 1.